The molecule has 2 heteroatoms. The average Bonchev–Trinajstić information content (AvgIpc) is 3.86. The first-order valence-corrected chi connectivity index (χ1v) is 21.3. The van der Waals surface area contributed by atoms with Crippen molar-refractivity contribution in [2.75, 3.05) is 7.11 Å². The van der Waals surface area contributed by atoms with Crippen molar-refractivity contribution in [2.45, 2.75) is 89.8 Å². The maximum absolute atomic E-state index is 13.0. The van der Waals surface area contributed by atoms with Crippen LogP contribution in [0.25, 0.3) is 27.8 Å². The highest BCUT2D eigenvalue weighted by Crippen LogP contribution is 3.00. The number of benzene rings is 4. The summed E-state index contributed by atoms with van der Waals surface area (Å²) >= 11 is 0. The van der Waals surface area contributed by atoms with Gasteiger partial charge in [0.25, 0.3) is 0 Å². The first-order valence-electron chi connectivity index (χ1n) is 21.3. The Hall–Kier alpha value is -4.69. The number of hydrogen-bond donors (Lipinski definition) is 0. The van der Waals surface area contributed by atoms with Gasteiger partial charge in [0.05, 0.1) is 7.11 Å². The zero-order valence-corrected chi connectivity index (χ0v) is 30.1. The SMILES string of the molecule is COC(=O)CCCC1(c2ccccc2)C23c4c5c6c7c8c4-c4c9c%10c%11c(c42)C2C4=C%11C=CC%10C%10C=CC(C7CCC6c6ccc7c(c6-5)C13C2C7C=C4)C8C9%10. The van der Waals surface area contributed by atoms with Gasteiger partial charge in [-0.1, -0.05) is 78.9 Å². The normalized spacial score (nSPS) is 42.6. The Labute approximate surface area is 313 Å². The Morgan fingerprint density at radius 2 is 1.52 bits per heavy atom. The van der Waals surface area contributed by atoms with Crippen molar-refractivity contribution in [3.05, 3.63) is 157 Å². The molecule has 0 bridgehead atoms. The van der Waals surface area contributed by atoms with Crippen LogP contribution in [0.5, 0.6) is 0 Å². The van der Waals surface area contributed by atoms with E-state index in [9.17, 15) is 4.79 Å². The summed E-state index contributed by atoms with van der Waals surface area (Å²) in [7, 11) is 1.57. The van der Waals surface area contributed by atoms with Gasteiger partial charge in [0.1, 0.15) is 0 Å². The molecule has 0 heterocycles. The van der Waals surface area contributed by atoms with Gasteiger partial charge in [-0.3, -0.25) is 4.79 Å². The Balaban J connectivity index is 1.14. The summed E-state index contributed by atoms with van der Waals surface area (Å²) in [6.07, 6.45) is 21.2. The van der Waals surface area contributed by atoms with Crippen LogP contribution in [0, 0.1) is 17.8 Å². The van der Waals surface area contributed by atoms with Gasteiger partial charge < -0.3 is 4.74 Å². The highest BCUT2D eigenvalue weighted by atomic mass is 16.5. The fraction of sp³-hybridized carbons (Fsp3) is 0.365. The molecule has 18 rings (SSSR count). The average molecular weight is 693 g/mol. The molecule has 13 unspecified atom stereocenters. The van der Waals surface area contributed by atoms with E-state index in [1.807, 2.05) is 22.3 Å². The monoisotopic (exact) mass is 692 g/mol. The van der Waals surface area contributed by atoms with Crippen LogP contribution in [0.2, 0.25) is 0 Å². The third-order valence-electron chi connectivity index (χ3n) is 19.7. The van der Waals surface area contributed by atoms with Crippen LogP contribution in [0.1, 0.15) is 146 Å². The number of carbonyl (C=O) groups is 1. The van der Waals surface area contributed by atoms with Gasteiger partial charge in [-0.15, -0.1) is 0 Å². The van der Waals surface area contributed by atoms with E-state index in [1.54, 1.807) is 85.0 Å². The van der Waals surface area contributed by atoms with E-state index in [0.29, 0.717) is 65.6 Å². The summed E-state index contributed by atoms with van der Waals surface area (Å²) in [4.78, 5) is 13.0. The van der Waals surface area contributed by atoms with Crippen molar-refractivity contribution in [2.24, 2.45) is 17.8 Å². The third-order valence-corrected chi connectivity index (χ3v) is 19.7. The molecule has 0 amide bonds. The van der Waals surface area contributed by atoms with Crippen LogP contribution in [0.4, 0.5) is 0 Å². The zero-order chi connectivity index (χ0) is 34.3. The van der Waals surface area contributed by atoms with Crippen molar-refractivity contribution in [3.8, 4) is 22.3 Å². The van der Waals surface area contributed by atoms with E-state index in [2.05, 4.69) is 78.9 Å². The van der Waals surface area contributed by atoms with Gasteiger partial charge in [0.2, 0.25) is 0 Å². The molecule has 0 radical (unpaired) electrons. The molecule has 1 fully saturated rings. The molecule has 13 atom stereocenters. The summed E-state index contributed by atoms with van der Waals surface area (Å²) in [5.74, 6) is 5.37. The number of esters is 1. The molecule has 256 valence electrons. The lowest BCUT2D eigenvalue weighted by atomic mass is 9.57. The minimum atomic E-state index is -0.129. The zero-order valence-electron chi connectivity index (χ0n) is 30.1. The summed E-state index contributed by atoms with van der Waals surface area (Å²) in [5, 5.41) is 0. The second kappa shape index (κ2) is 7.23. The molecule has 4 aromatic carbocycles. The van der Waals surface area contributed by atoms with Gasteiger partial charge in [-0.05, 0) is 167 Å². The maximum Gasteiger partial charge on any atom is 0.305 e. The van der Waals surface area contributed by atoms with Crippen molar-refractivity contribution in [1.82, 2.24) is 0 Å². The fourth-order valence-corrected chi connectivity index (χ4v) is 19.4. The Kier molecular flexibility index (Phi) is 3.50. The Morgan fingerprint density at radius 3 is 2.43 bits per heavy atom. The molecule has 1 saturated carbocycles. The molecule has 0 N–H and O–H groups in total. The van der Waals surface area contributed by atoms with Gasteiger partial charge >= 0.3 is 5.97 Å². The molecule has 0 aliphatic heterocycles. The number of hydrogen-bond acceptors (Lipinski definition) is 2. The molecule has 0 saturated heterocycles. The lowest BCUT2D eigenvalue weighted by Crippen LogP contribution is -2.40. The highest BCUT2D eigenvalue weighted by molar-refractivity contribution is 6.12. The van der Waals surface area contributed by atoms with Crippen molar-refractivity contribution < 1.29 is 9.53 Å². The molecule has 2 spiro atoms. The number of rotatable bonds is 5. The van der Waals surface area contributed by atoms with Crippen LogP contribution in [0.15, 0.2) is 84.5 Å². The summed E-state index contributed by atoms with van der Waals surface area (Å²) in [6.45, 7) is 0. The largest absolute Gasteiger partial charge is 0.469 e. The standard InChI is InChI=1S/C52H36O2/c1-54-31(53)8-5-19-50(20-6-3-2-4-7-20)51-46-29-17-15-27-25-13-11-23-21-9-10-22-24-12-14-26-28-16-18-30(29)47(51)39(28)43-37(26)35(24)41-33(22)32(21)40-34(23)36(25)42(38(27)46)48-44(40)45(41)49(43)52(48,50)51/h2-4,6-7,9-11,13,15-18,21-24,26,29,32-33,38,46H,5,8,12,14,19H2,1H3. The topological polar surface area (TPSA) is 26.3 Å². The molecule has 0 aromatic heterocycles. The number of allylic oxidation sites excluding steroid dienone is 8. The second-order valence-electron chi connectivity index (χ2n) is 20.0. The van der Waals surface area contributed by atoms with Gasteiger partial charge in [0, 0.05) is 46.3 Å². The van der Waals surface area contributed by atoms with Crippen LogP contribution in [-0.2, 0) is 25.8 Å². The third kappa shape index (κ3) is 1.88. The molecule has 14 aliphatic rings. The predicted molar refractivity (Wildman–Crippen MR) is 206 cm³/mol. The van der Waals surface area contributed by atoms with E-state index in [1.165, 1.54) is 18.4 Å². The number of fused-ring (bicyclic) bond motifs is 4. The summed E-state index contributed by atoms with van der Waals surface area (Å²) in [5.41, 5.74) is 32.7. The molecule has 14 aliphatic carbocycles. The van der Waals surface area contributed by atoms with Gasteiger partial charge in [0.15, 0.2) is 0 Å². The first kappa shape index (κ1) is 26.2. The first-order chi connectivity index (χ1) is 26.7. The molecule has 4 aromatic rings. The number of carbonyl (C=O) groups excluding carboxylic acids is 1. The van der Waals surface area contributed by atoms with Gasteiger partial charge in [-0.25, -0.2) is 0 Å². The lowest BCUT2D eigenvalue weighted by molar-refractivity contribution is -0.140. The van der Waals surface area contributed by atoms with E-state index in [0.717, 1.165) is 12.8 Å². The number of ether oxygens (including phenoxy) is 1. The molecular formula is C52H36O2. The van der Waals surface area contributed by atoms with Crippen molar-refractivity contribution in [1.29, 1.82) is 0 Å². The maximum atomic E-state index is 13.0. The van der Waals surface area contributed by atoms with Crippen molar-refractivity contribution in [3.63, 3.8) is 0 Å². The van der Waals surface area contributed by atoms with Crippen LogP contribution >= 0.6 is 0 Å². The number of methoxy groups -OCH3 is 1. The van der Waals surface area contributed by atoms with E-state index >= 15 is 0 Å². The minimum Gasteiger partial charge on any atom is -0.469 e. The minimum absolute atomic E-state index is 0.0424. The van der Waals surface area contributed by atoms with E-state index < -0.39 is 0 Å². The van der Waals surface area contributed by atoms with Crippen LogP contribution in [0.3, 0.4) is 0 Å². The summed E-state index contributed by atoms with van der Waals surface area (Å²) < 4.78 is 5.36. The van der Waals surface area contributed by atoms with Gasteiger partial charge in [-0.2, -0.15) is 0 Å². The van der Waals surface area contributed by atoms with Crippen LogP contribution < -0.4 is 0 Å². The Morgan fingerprint density at radius 1 is 0.722 bits per heavy atom. The smallest absolute Gasteiger partial charge is 0.305 e. The van der Waals surface area contributed by atoms with E-state index in [4.69, 9.17) is 4.74 Å². The lowest BCUT2D eigenvalue weighted by Gasteiger charge is -2.44. The quantitative estimate of drug-likeness (QED) is 0.154. The van der Waals surface area contributed by atoms with E-state index in [-0.39, 0.29) is 22.2 Å². The fourth-order valence-electron chi connectivity index (χ4n) is 19.4. The summed E-state index contributed by atoms with van der Waals surface area (Å²) in [6, 6.07) is 17.2. The molecular weight excluding hydrogens is 657 g/mol. The van der Waals surface area contributed by atoms with Crippen LogP contribution in [-0.4, -0.2) is 13.1 Å². The predicted octanol–water partition coefficient (Wildman–Crippen LogP) is 10.3. The highest BCUT2D eigenvalue weighted by Gasteiger charge is 2.98. The molecule has 2 nitrogen and oxygen atoms in total. The molecule has 54 heavy (non-hydrogen) atoms. The Bertz CT molecular complexity index is 2950. The second-order valence-corrected chi connectivity index (χ2v) is 20.0. The van der Waals surface area contributed by atoms with Crippen molar-refractivity contribution >= 4 is 11.5 Å².